The van der Waals surface area contributed by atoms with Gasteiger partial charge in [-0.2, -0.15) is 0 Å². The second-order valence-corrected chi connectivity index (χ2v) is 11.4. The number of aliphatic hydroxyl groups excluding tert-OH is 1. The molecule has 0 atom stereocenters. The molecule has 20 heavy (non-hydrogen) atoms. The van der Waals surface area contributed by atoms with Crippen molar-refractivity contribution in [2.45, 2.75) is 25.7 Å². The lowest BCUT2D eigenvalue weighted by Crippen LogP contribution is -2.32. The molecule has 1 N–H and O–H groups in total. The fourth-order valence-corrected chi connectivity index (χ4v) is 1.95. The maximum Gasteiger partial charge on any atom is 0.409 e. The van der Waals surface area contributed by atoms with E-state index in [4.69, 9.17) is 19.3 Å². The first kappa shape index (κ1) is 19.4. The third kappa shape index (κ3) is 12.4. The van der Waals surface area contributed by atoms with Gasteiger partial charge in [-0.3, -0.25) is 0 Å². The van der Waals surface area contributed by atoms with Gasteiger partial charge >= 0.3 is 6.09 Å². The summed E-state index contributed by atoms with van der Waals surface area (Å²) in [5, 5.41) is 8.50. The lowest BCUT2D eigenvalue weighted by atomic mass is 10.6. The van der Waals surface area contributed by atoms with Gasteiger partial charge in [-0.15, -0.1) is 0 Å². The van der Waals surface area contributed by atoms with E-state index in [9.17, 15) is 4.79 Å². The van der Waals surface area contributed by atoms with Crippen LogP contribution < -0.4 is 0 Å². The zero-order valence-electron chi connectivity index (χ0n) is 13.2. The number of ether oxygens (including phenoxy) is 3. The number of hydrogen-bond donors (Lipinski definition) is 1. The number of carbonyl (C=O) groups is 1. The SMILES string of the molecule is CN(CCOCCOCCO)C(=O)OCC[Si](C)(C)C. The van der Waals surface area contributed by atoms with Gasteiger partial charge in [0, 0.05) is 21.7 Å². The van der Waals surface area contributed by atoms with Gasteiger partial charge in [0.25, 0.3) is 0 Å². The van der Waals surface area contributed by atoms with E-state index in [-0.39, 0.29) is 12.7 Å². The minimum atomic E-state index is -1.16. The second kappa shape index (κ2) is 11.1. The highest BCUT2D eigenvalue weighted by atomic mass is 28.3. The van der Waals surface area contributed by atoms with Crippen molar-refractivity contribution in [3.05, 3.63) is 0 Å². The Balaban J connectivity index is 3.51. The summed E-state index contributed by atoms with van der Waals surface area (Å²) in [6.07, 6.45) is -0.302. The molecular formula is C13H29NO5Si. The molecule has 6 nitrogen and oxygen atoms in total. The van der Waals surface area contributed by atoms with Crippen LogP contribution in [0.5, 0.6) is 0 Å². The molecule has 0 bridgehead atoms. The summed E-state index contributed by atoms with van der Waals surface area (Å²) >= 11 is 0. The van der Waals surface area contributed by atoms with Crippen LogP contribution >= 0.6 is 0 Å². The summed E-state index contributed by atoms with van der Waals surface area (Å²) in [6.45, 7) is 9.43. The molecule has 0 radical (unpaired) electrons. The van der Waals surface area contributed by atoms with Gasteiger partial charge in [-0.1, -0.05) is 19.6 Å². The van der Waals surface area contributed by atoms with Gasteiger partial charge in [-0.25, -0.2) is 4.79 Å². The van der Waals surface area contributed by atoms with Crippen LogP contribution in [0.3, 0.4) is 0 Å². The molecule has 0 aliphatic rings. The van der Waals surface area contributed by atoms with Crippen molar-refractivity contribution in [3.8, 4) is 0 Å². The third-order valence-electron chi connectivity index (χ3n) is 2.57. The average molecular weight is 307 g/mol. The first-order valence-corrected chi connectivity index (χ1v) is 10.7. The van der Waals surface area contributed by atoms with Crippen molar-refractivity contribution in [3.63, 3.8) is 0 Å². The Bertz CT molecular complexity index is 258. The maximum absolute atomic E-state index is 11.6. The molecule has 7 heteroatoms. The summed E-state index contributed by atoms with van der Waals surface area (Å²) in [5.74, 6) is 0. The first-order chi connectivity index (χ1) is 9.37. The summed E-state index contributed by atoms with van der Waals surface area (Å²) in [6, 6.07) is 0.977. The second-order valence-electron chi connectivity index (χ2n) is 5.79. The van der Waals surface area contributed by atoms with Gasteiger partial charge < -0.3 is 24.2 Å². The molecular weight excluding hydrogens is 278 g/mol. The Morgan fingerprint density at radius 1 is 1.05 bits per heavy atom. The average Bonchev–Trinajstić information content (AvgIpc) is 2.35. The van der Waals surface area contributed by atoms with Crippen molar-refractivity contribution in [2.24, 2.45) is 0 Å². The fraction of sp³-hybridized carbons (Fsp3) is 0.923. The van der Waals surface area contributed by atoms with Crippen LogP contribution in [0.15, 0.2) is 0 Å². The Labute approximate surface area is 123 Å². The van der Waals surface area contributed by atoms with Crippen LogP contribution in [0, 0.1) is 0 Å². The molecule has 0 saturated heterocycles. The van der Waals surface area contributed by atoms with Gasteiger partial charge in [0.2, 0.25) is 0 Å². The third-order valence-corrected chi connectivity index (χ3v) is 4.27. The van der Waals surface area contributed by atoms with Gasteiger partial charge in [0.1, 0.15) is 0 Å². The number of aliphatic hydroxyl groups is 1. The number of carbonyl (C=O) groups excluding carboxylic acids is 1. The summed E-state index contributed by atoms with van der Waals surface area (Å²) in [5.41, 5.74) is 0. The topological polar surface area (TPSA) is 68.2 Å². The van der Waals surface area contributed by atoms with Crippen molar-refractivity contribution >= 4 is 14.2 Å². The van der Waals surface area contributed by atoms with E-state index in [2.05, 4.69) is 19.6 Å². The molecule has 0 aromatic rings. The van der Waals surface area contributed by atoms with Crippen molar-refractivity contribution in [1.82, 2.24) is 4.90 Å². The molecule has 120 valence electrons. The molecule has 0 aliphatic carbocycles. The molecule has 0 unspecified atom stereocenters. The Kier molecular flexibility index (Phi) is 10.7. The summed E-state index contributed by atoms with van der Waals surface area (Å²) in [7, 11) is 0.539. The minimum Gasteiger partial charge on any atom is -0.450 e. The lowest BCUT2D eigenvalue weighted by Gasteiger charge is -2.19. The lowest BCUT2D eigenvalue weighted by molar-refractivity contribution is 0.0271. The van der Waals surface area contributed by atoms with Crippen molar-refractivity contribution in [2.75, 3.05) is 53.2 Å². The number of rotatable bonds is 11. The molecule has 0 aromatic heterocycles. The van der Waals surface area contributed by atoms with E-state index in [1.165, 1.54) is 4.90 Å². The van der Waals surface area contributed by atoms with Crippen LogP contribution in [0.2, 0.25) is 25.7 Å². The standard InChI is InChI=1S/C13H29NO5Si/c1-14(5-7-17-9-10-18-8-6-15)13(16)19-11-12-20(2,3)4/h15H,5-12H2,1-4H3. The molecule has 0 heterocycles. The monoisotopic (exact) mass is 307 g/mol. The highest BCUT2D eigenvalue weighted by molar-refractivity contribution is 6.76. The zero-order chi connectivity index (χ0) is 15.4. The van der Waals surface area contributed by atoms with Crippen LogP contribution in [0.1, 0.15) is 0 Å². The van der Waals surface area contributed by atoms with E-state index in [1.54, 1.807) is 7.05 Å². The first-order valence-electron chi connectivity index (χ1n) is 7.01. The Hall–Kier alpha value is -0.633. The summed E-state index contributed by atoms with van der Waals surface area (Å²) in [4.78, 5) is 13.2. The number of nitrogens with zero attached hydrogens (tertiary/aromatic N) is 1. The quantitative estimate of drug-likeness (QED) is 0.462. The smallest absolute Gasteiger partial charge is 0.409 e. The van der Waals surface area contributed by atoms with E-state index >= 15 is 0 Å². The number of hydrogen-bond acceptors (Lipinski definition) is 5. The normalized spacial score (nSPS) is 11.4. The van der Waals surface area contributed by atoms with Crippen LogP contribution in [-0.2, 0) is 14.2 Å². The fourth-order valence-electron chi connectivity index (χ4n) is 1.23. The van der Waals surface area contributed by atoms with Gasteiger partial charge in [0.15, 0.2) is 0 Å². The molecule has 0 aromatic carbocycles. The van der Waals surface area contributed by atoms with E-state index in [0.717, 1.165) is 6.04 Å². The molecule has 1 amide bonds. The summed E-state index contributed by atoms with van der Waals surface area (Å²) < 4.78 is 15.6. The maximum atomic E-state index is 11.6. The van der Waals surface area contributed by atoms with Gasteiger partial charge in [0.05, 0.1) is 39.6 Å². The highest BCUT2D eigenvalue weighted by Gasteiger charge is 2.15. The molecule has 0 rings (SSSR count). The van der Waals surface area contributed by atoms with Crippen molar-refractivity contribution < 1.29 is 24.1 Å². The molecule has 0 saturated carbocycles. The van der Waals surface area contributed by atoms with E-state index in [1.807, 2.05) is 0 Å². The molecule has 0 aliphatic heterocycles. The predicted octanol–water partition coefficient (Wildman–Crippen LogP) is 1.42. The number of likely N-dealkylation sites (N-methyl/N-ethyl adjacent to an activating group) is 1. The molecule has 0 spiro atoms. The Morgan fingerprint density at radius 3 is 2.20 bits per heavy atom. The van der Waals surface area contributed by atoms with Crippen molar-refractivity contribution in [1.29, 1.82) is 0 Å². The van der Waals surface area contributed by atoms with Crippen LogP contribution in [-0.4, -0.2) is 77.4 Å². The van der Waals surface area contributed by atoms with Crippen LogP contribution in [0.25, 0.3) is 0 Å². The van der Waals surface area contributed by atoms with E-state index < -0.39 is 8.07 Å². The minimum absolute atomic E-state index is 0.0198. The van der Waals surface area contributed by atoms with Crippen LogP contribution in [0.4, 0.5) is 4.79 Å². The molecule has 0 fully saturated rings. The predicted molar refractivity (Wildman–Crippen MR) is 80.9 cm³/mol. The zero-order valence-corrected chi connectivity index (χ0v) is 14.2. The highest BCUT2D eigenvalue weighted by Crippen LogP contribution is 2.08. The Morgan fingerprint density at radius 2 is 1.65 bits per heavy atom. The number of amides is 1. The largest absolute Gasteiger partial charge is 0.450 e. The van der Waals surface area contributed by atoms with E-state index in [0.29, 0.717) is 39.6 Å². The van der Waals surface area contributed by atoms with Gasteiger partial charge in [-0.05, 0) is 6.04 Å².